The van der Waals surface area contributed by atoms with Crippen LogP contribution >= 0.6 is 0 Å². The van der Waals surface area contributed by atoms with Crippen molar-refractivity contribution in [2.75, 3.05) is 51.5 Å². The molecular formula is C11H21N5. The molecule has 0 aromatic carbocycles. The quantitative estimate of drug-likeness (QED) is 0.776. The molecule has 0 bridgehead atoms. The Bertz CT molecular complexity index is 313. The minimum absolute atomic E-state index is 0.803. The molecule has 0 atom stereocenters. The average molecular weight is 223 g/mol. The molecule has 0 radical (unpaired) electrons. The van der Waals surface area contributed by atoms with Gasteiger partial charge in [0.05, 0.1) is 12.4 Å². The smallest absolute Gasteiger partial charge is 0.149 e. The lowest BCUT2D eigenvalue weighted by Gasteiger charge is -2.19. The van der Waals surface area contributed by atoms with E-state index in [0.29, 0.717) is 0 Å². The molecule has 0 aliphatic rings. The Morgan fingerprint density at radius 1 is 1.19 bits per heavy atom. The summed E-state index contributed by atoms with van der Waals surface area (Å²) >= 11 is 0. The average Bonchev–Trinajstić information content (AvgIpc) is 2.28. The number of hydrogen-bond acceptors (Lipinski definition) is 5. The molecule has 90 valence electrons. The van der Waals surface area contributed by atoms with Crippen molar-refractivity contribution in [2.45, 2.75) is 6.42 Å². The summed E-state index contributed by atoms with van der Waals surface area (Å²) in [6.07, 6.45) is 4.63. The first-order valence-corrected chi connectivity index (χ1v) is 5.49. The number of aromatic nitrogens is 2. The number of anilines is 2. The first-order valence-electron chi connectivity index (χ1n) is 5.49. The molecule has 5 nitrogen and oxygen atoms in total. The highest BCUT2D eigenvalue weighted by Gasteiger charge is 2.03. The highest BCUT2D eigenvalue weighted by Crippen LogP contribution is 2.10. The summed E-state index contributed by atoms with van der Waals surface area (Å²) in [7, 11) is 8.06. The second kappa shape index (κ2) is 6.27. The monoisotopic (exact) mass is 223 g/mol. The van der Waals surface area contributed by atoms with Gasteiger partial charge in [-0.25, -0.2) is 4.98 Å². The SMILES string of the molecule is CNc1cncc(N(C)CCCN(C)C)n1. The summed E-state index contributed by atoms with van der Waals surface area (Å²) in [5.74, 6) is 1.71. The van der Waals surface area contributed by atoms with Crippen LogP contribution < -0.4 is 10.2 Å². The first-order chi connectivity index (χ1) is 7.63. The zero-order chi connectivity index (χ0) is 12.0. The van der Waals surface area contributed by atoms with Crippen molar-refractivity contribution in [3.05, 3.63) is 12.4 Å². The highest BCUT2D eigenvalue weighted by molar-refractivity contribution is 5.42. The summed E-state index contributed by atoms with van der Waals surface area (Å²) in [6.45, 7) is 2.07. The van der Waals surface area contributed by atoms with Crippen LogP contribution in [-0.2, 0) is 0 Å². The van der Waals surface area contributed by atoms with E-state index in [1.807, 2.05) is 14.1 Å². The van der Waals surface area contributed by atoms with E-state index in [0.717, 1.165) is 31.1 Å². The van der Waals surface area contributed by atoms with Crippen LogP contribution in [0.4, 0.5) is 11.6 Å². The molecule has 0 fully saturated rings. The van der Waals surface area contributed by atoms with Gasteiger partial charge in [0.1, 0.15) is 11.6 Å². The van der Waals surface area contributed by atoms with Gasteiger partial charge in [0.25, 0.3) is 0 Å². The van der Waals surface area contributed by atoms with Gasteiger partial charge in [-0.3, -0.25) is 4.98 Å². The Hall–Kier alpha value is -1.36. The van der Waals surface area contributed by atoms with Crippen molar-refractivity contribution in [1.29, 1.82) is 0 Å². The summed E-state index contributed by atoms with van der Waals surface area (Å²) in [4.78, 5) is 12.9. The Kier molecular flexibility index (Phi) is 4.98. The number of rotatable bonds is 6. The van der Waals surface area contributed by atoms with Crippen LogP contribution in [0.25, 0.3) is 0 Å². The second-order valence-electron chi connectivity index (χ2n) is 4.09. The molecule has 5 heteroatoms. The van der Waals surface area contributed by atoms with E-state index in [1.54, 1.807) is 12.4 Å². The third-order valence-corrected chi connectivity index (χ3v) is 2.37. The van der Waals surface area contributed by atoms with E-state index in [2.05, 4.69) is 39.2 Å². The van der Waals surface area contributed by atoms with Crippen LogP contribution in [0.5, 0.6) is 0 Å². The van der Waals surface area contributed by atoms with Crippen molar-refractivity contribution < 1.29 is 0 Å². The largest absolute Gasteiger partial charge is 0.372 e. The second-order valence-corrected chi connectivity index (χ2v) is 4.09. The van der Waals surface area contributed by atoms with Crippen LogP contribution in [-0.4, -0.2) is 56.1 Å². The highest BCUT2D eigenvalue weighted by atomic mass is 15.2. The molecule has 0 aliphatic carbocycles. The van der Waals surface area contributed by atoms with E-state index in [-0.39, 0.29) is 0 Å². The van der Waals surface area contributed by atoms with Crippen LogP contribution in [0.15, 0.2) is 12.4 Å². The predicted octanol–water partition coefficient (Wildman–Crippen LogP) is 0.906. The van der Waals surface area contributed by atoms with Crippen LogP contribution in [0, 0.1) is 0 Å². The molecule has 0 saturated carbocycles. The molecular weight excluding hydrogens is 202 g/mol. The maximum Gasteiger partial charge on any atom is 0.149 e. The lowest BCUT2D eigenvalue weighted by Crippen LogP contribution is -2.24. The zero-order valence-corrected chi connectivity index (χ0v) is 10.6. The van der Waals surface area contributed by atoms with E-state index in [9.17, 15) is 0 Å². The molecule has 1 rings (SSSR count). The molecule has 0 spiro atoms. The molecule has 0 saturated heterocycles. The molecule has 1 N–H and O–H groups in total. The van der Waals surface area contributed by atoms with Gasteiger partial charge in [-0.15, -0.1) is 0 Å². The number of nitrogens with zero attached hydrogens (tertiary/aromatic N) is 4. The van der Waals surface area contributed by atoms with E-state index in [1.165, 1.54) is 0 Å². The van der Waals surface area contributed by atoms with Gasteiger partial charge in [0.2, 0.25) is 0 Å². The number of nitrogens with one attached hydrogen (secondary N) is 1. The summed E-state index contributed by atoms with van der Waals surface area (Å²) in [5.41, 5.74) is 0. The Balaban J connectivity index is 2.48. The lowest BCUT2D eigenvalue weighted by molar-refractivity contribution is 0.401. The first kappa shape index (κ1) is 12.7. The maximum atomic E-state index is 4.43. The number of hydrogen-bond donors (Lipinski definition) is 1. The van der Waals surface area contributed by atoms with Gasteiger partial charge in [-0.1, -0.05) is 0 Å². The molecule has 0 amide bonds. The molecule has 1 aromatic rings. The predicted molar refractivity (Wildman–Crippen MR) is 68.0 cm³/mol. The van der Waals surface area contributed by atoms with Gasteiger partial charge in [0.15, 0.2) is 0 Å². The Morgan fingerprint density at radius 3 is 2.56 bits per heavy atom. The van der Waals surface area contributed by atoms with Gasteiger partial charge in [-0.05, 0) is 27.1 Å². The van der Waals surface area contributed by atoms with Gasteiger partial charge >= 0.3 is 0 Å². The summed E-state index contributed by atoms with van der Waals surface area (Å²) in [5, 5.41) is 2.99. The third-order valence-electron chi connectivity index (χ3n) is 2.37. The fourth-order valence-corrected chi connectivity index (χ4v) is 1.40. The third kappa shape index (κ3) is 4.02. The van der Waals surface area contributed by atoms with Crippen molar-refractivity contribution in [2.24, 2.45) is 0 Å². The van der Waals surface area contributed by atoms with Crippen molar-refractivity contribution in [3.63, 3.8) is 0 Å². The van der Waals surface area contributed by atoms with Crippen molar-refractivity contribution >= 4 is 11.6 Å². The summed E-state index contributed by atoms with van der Waals surface area (Å²) in [6, 6.07) is 0. The van der Waals surface area contributed by atoms with Crippen LogP contribution in [0.1, 0.15) is 6.42 Å². The van der Waals surface area contributed by atoms with Crippen LogP contribution in [0.3, 0.4) is 0 Å². The maximum absolute atomic E-state index is 4.43. The zero-order valence-electron chi connectivity index (χ0n) is 10.6. The normalized spacial score (nSPS) is 10.6. The Labute approximate surface area is 97.5 Å². The molecule has 1 aromatic heterocycles. The van der Waals surface area contributed by atoms with E-state index < -0.39 is 0 Å². The van der Waals surface area contributed by atoms with Gasteiger partial charge in [0, 0.05) is 20.6 Å². The molecule has 0 unspecified atom stereocenters. The molecule has 16 heavy (non-hydrogen) atoms. The topological polar surface area (TPSA) is 44.3 Å². The minimum Gasteiger partial charge on any atom is -0.372 e. The Morgan fingerprint density at radius 2 is 1.94 bits per heavy atom. The van der Waals surface area contributed by atoms with Crippen molar-refractivity contribution in [1.82, 2.24) is 14.9 Å². The van der Waals surface area contributed by atoms with Crippen LogP contribution in [0.2, 0.25) is 0 Å². The summed E-state index contributed by atoms with van der Waals surface area (Å²) < 4.78 is 0. The minimum atomic E-state index is 0.803. The fourth-order valence-electron chi connectivity index (χ4n) is 1.40. The van der Waals surface area contributed by atoms with E-state index >= 15 is 0 Å². The van der Waals surface area contributed by atoms with Gasteiger partial charge in [-0.2, -0.15) is 0 Å². The lowest BCUT2D eigenvalue weighted by atomic mass is 10.4. The fraction of sp³-hybridized carbons (Fsp3) is 0.636. The molecule has 0 aliphatic heterocycles. The van der Waals surface area contributed by atoms with Crippen molar-refractivity contribution in [3.8, 4) is 0 Å². The van der Waals surface area contributed by atoms with E-state index in [4.69, 9.17) is 0 Å². The molecule has 1 heterocycles. The standard InChI is InChI=1S/C11H21N5/c1-12-10-8-13-9-11(14-10)16(4)7-5-6-15(2)3/h8-9H,5-7H2,1-4H3,(H,12,14). The van der Waals surface area contributed by atoms with Gasteiger partial charge < -0.3 is 15.1 Å².